The lowest BCUT2D eigenvalue weighted by molar-refractivity contribution is 0.197. The zero-order valence-electron chi connectivity index (χ0n) is 18.9. The molecule has 0 heterocycles. The Morgan fingerprint density at radius 3 is 2.53 bits per heavy atom. The first-order chi connectivity index (χ1) is 15.5. The van der Waals surface area contributed by atoms with E-state index in [-0.39, 0.29) is 22.6 Å². The summed E-state index contributed by atoms with van der Waals surface area (Å²) in [5.41, 5.74) is 1.28. The molecule has 32 heavy (non-hydrogen) atoms. The van der Waals surface area contributed by atoms with Crippen LogP contribution in [0.2, 0.25) is 0 Å². The zero-order valence-corrected chi connectivity index (χ0v) is 18.9. The lowest BCUT2D eigenvalue weighted by Gasteiger charge is -2.41. The molecule has 1 saturated carbocycles. The van der Waals surface area contributed by atoms with Crippen molar-refractivity contribution in [1.29, 1.82) is 5.26 Å². The highest BCUT2D eigenvalue weighted by molar-refractivity contribution is 5.68. The van der Waals surface area contributed by atoms with E-state index < -0.39 is 17.5 Å². The van der Waals surface area contributed by atoms with Crippen LogP contribution in [0.25, 0.3) is 11.1 Å². The van der Waals surface area contributed by atoms with Gasteiger partial charge in [-0.15, -0.1) is 0 Å². The van der Waals surface area contributed by atoms with Gasteiger partial charge in [-0.05, 0) is 84.7 Å². The second kappa shape index (κ2) is 10.1. The predicted molar refractivity (Wildman–Crippen MR) is 122 cm³/mol. The molecular weight excluding hydrogens is 407 g/mol. The molecule has 2 aromatic carbocycles. The number of unbranched alkanes of at least 4 members (excludes halogenated alkanes) is 4. The van der Waals surface area contributed by atoms with E-state index in [2.05, 4.69) is 6.92 Å². The van der Waals surface area contributed by atoms with Gasteiger partial charge in [0.25, 0.3) is 0 Å². The molecule has 0 amide bonds. The van der Waals surface area contributed by atoms with Crippen LogP contribution in [0.3, 0.4) is 0 Å². The normalized spacial score (nSPS) is 22.2. The fourth-order valence-electron chi connectivity index (χ4n) is 6.01. The zero-order chi connectivity index (χ0) is 22.7. The number of fused-ring (bicyclic) bond motifs is 3. The van der Waals surface area contributed by atoms with Gasteiger partial charge in [-0.1, -0.05) is 51.5 Å². The molecule has 170 valence electrons. The van der Waals surface area contributed by atoms with Crippen molar-refractivity contribution < 1.29 is 13.2 Å². The molecule has 1 fully saturated rings. The van der Waals surface area contributed by atoms with Crippen molar-refractivity contribution in [2.24, 2.45) is 11.8 Å². The van der Waals surface area contributed by atoms with E-state index in [0.717, 1.165) is 36.8 Å². The number of nitrogens with zero attached hydrogens (tertiary/aromatic N) is 1. The van der Waals surface area contributed by atoms with Crippen LogP contribution in [-0.2, 0) is 6.42 Å². The van der Waals surface area contributed by atoms with Crippen LogP contribution in [0.5, 0.6) is 0 Å². The maximum Gasteiger partial charge on any atom is 0.141 e. The minimum absolute atomic E-state index is 0.127. The van der Waals surface area contributed by atoms with E-state index in [1.165, 1.54) is 63.1 Å². The largest absolute Gasteiger partial charge is 0.206 e. The van der Waals surface area contributed by atoms with Gasteiger partial charge >= 0.3 is 0 Å². The first kappa shape index (κ1) is 22.9. The molecule has 0 spiro atoms. The van der Waals surface area contributed by atoms with Gasteiger partial charge in [0.15, 0.2) is 0 Å². The van der Waals surface area contributed by atoms with Crippen LogP contribution in [-0.4, -0.2) is 0 Å². The first-order valence-corrected chi connectivity index (χ1v) is 12.2. The molecule has 2 aliphatic carbocycles. The van der Waals surface area contributed by atoms with Gasteiger partial charge in [0.1, 0.15) is 23.5 Å². The predicted octanol–water partition coefficient (Wildman–Crippen LogP) is 8.45. The molecule has 0 aliphatic heterocycles. The van der Waals surface area contributed by atoms with Gasteiger partial charge in [0, 0.05) is 0 Å². The third-order valence-electron chi connectivity index (χ3n) is 7.70. The second-order valence-electron chi connectivity index (χ2n) is 9.71. The Hall–Kier alpha value is -2.28. The lowest BCUT2D eigenvalue weighted by atomic mass is 9.64. The van der Waals surface area contributed by atoms with Crippen LogP contribution in [0.1, 0.15) is 93.7 Å². The number of nitriles is 1. The van der Waals surface area contributed by atoms with E-state index >= 15 is 8.78 Å². The maximum atomic E-state index is 15.5. The highest BCUT2D eigenvalue weighted by Crippen LogP contribution is 2.49. The summed E-state index contributed by atoms with van der Waals surface area (Å²) in [5.74, 6) is -0.464. The van der Waals surface area contributed by atoms with Crippen molar-refractivity contribution in [3.63, 3.8) is 0 Å². The molecule has 4 heteroatoms. The Morgan fingerprint density at radius 2 is 1.78 bits per heavy atom. The van der Waals surface area contributed by atoms with Crippen LogP contribution >= 0.6 is 0 Å². The van der Waals surface area contributed by atoms with Crippen molar-refractivity contribution >= 4 is 0 Å². The number of hydrogen-bond donors (Lipinski definition) is 0. The monoisotopic (exact) mass is 439 g/mol. The van der Waals surface area contributed by atoms with Crippen molar-refractivity contribution in [3.8, 4) is 17.2 Å². The number of rotatable bonds is 7. The highest BCUT2D eigenvalue weighted by Gasteiger charge is 2.37. The Bertz CT molecular complexity index is 1010. The molecule has 4 rings (SSSR count). The van der Waals surface area contributed by atoms with Crippen LogP contribution < -0.4 is 0 Å². The molecule has 3 atom stereocenters. The molecule has 0 aromatic heterocycles. The Morgan fingerprint density at radius 1 is 0.969 bits per heavy atom. The van der Waals surface area contributed by atoms with E-state index in [1.807, 2.05) is 0 Å². The third kappa shape index (κ3) is 4.58. The summed E-state index contributed by atoms with van der Waals surface area (Å²) >= 11 is 0. The van der Waals surface area contributed by atoms with Gasteiger partial charge in [0.05, 0.1) is 11.1 Å². The van der Waals surface area contributed by atoms with Gasteiger partial charge in [-0.3, -0.25) is 0 Å². The van der Waals surface area contributed by atoms with Crippen LogP contribution in [0.15, 0.2) is 24.3 Å². The van der Waals surface area contributed by atoms with E-state index in [9.17, 15) is 4.39 Å². The van der Waals surface area contributed by atoms with Gasteiger partial charge in [-0.2, -0.15) is 5.26 Å². The maximum absolute atomic E-state index is 15.5. The molecule has 0 radical (unpaired) electrons. The third-order valence-corrected chi connectivity index (χ3v) is 7.70. The first-order valence-electron chi connectivity index (χ1n) is 12.2. The molecule has 2 aromatic rings. The fourth-order valence-corrected chi connectivity index (χ4v) is 6.01. The van der Waals surface area contributed by atoms with Crippen molar-refractivity contribution in [2.75, 3.05) is 0 Å². The summed E-state index contributed by atoms with van der Waals surface area (Å²) in [6, 6.07) is 7.02. The minimum atomic E-state index is -0.755. The summed E-state index contributed by atoms with van der Waals surface area (Å²) in [6.45, 7) is 2.24. The van der Waals surface area contributed by atoms with Crippen molar-refractivity contribution in [1.82, 2.24) is 0 Å². The summed E-state index contributed by atoms with van der Waals surface area (Å²) in [5, 5.41) is 8.92. The molecular formula is C28H32F3N. The smallest absolute Gasteiger partial charge is 0.141 e. The van der Waals surface area contributed by atoms with Gasteiger partial charge < -0.3 is 0 Å². The van der Waals surface area contributed by atoms with Crippen LogP contribution in [0, 0.1) is 40.6 Å². The van der Waals surface area contributed by atoms with Gasteiger partial charge in [0.2, 0.25) is 0 Å². The van der Waals surface area contributed by atoms with E-state index in [1.54, 1.807) is 6.07 Å². The highest BCUT2D eigenvalue weighted by atomic mass is 19.1. The molecule has 1 nitrogen and oxygen atoms in total. The summed E-state index contributed by atoms with van der Waals surface area (Å²) in [6.07, 6.45) is 12.7. The SMILES string of the molecule is CCCCCCCC1CCC2c3cc(F)c(-c4ccc(C#N)c(F)c4)c(F)c3CCC2C1. The quantitative estimate of drug-likeness (QED) is 0.397. The molecule has 2 aliphatic rings. The van der Waals surface area contributed by atoms with Crippen molar-refractivity contribution in [3.05, 3.63) is 58.4 Å². The molecule has 0 N–H and O–H groups in total. The lowest BCUT2D eigenvalue weighted by Crippen LogP contribution is -2.29. The average Bonchev–Trinajstić information content (AvgIpc) is 2.79. The van der Waals surface area contributed by atoms with E-state index in [4.69, 9.17) is 5.26 Å². The minimum Gasteiger partial charge on any atom is -0.206 e. The Kier molecular flexibility index (Phi) is 7.23. The van der Waals surface area contributed by atoms with Gasteiger partial charge in [-0.25, -0.2) is 13.2 Å². The Balaban J connectivity index is 1.51. The number of hydrogen-bond acceptors (Lipinski definition) is 1. The van der Waals surface area contributed by atoms with E-state index in [0.29, 0.717) is 17.9 Å². The van der Waals surface area contributed by atoms with Crippen LogP contribution in [0.4, 0.5) is 13.2 Å². The second-order valence-corrected chi connectivity index (χ2v) is 9.71. The molecule has 0 bridgehead atoms. The standard InChI is InChI=1S/C28H32F3N/c1-2-3-4-5-6-7-18-8-12-22-19(14-18)11-13-23-24(22)16-26(30)27(28(23)31)20-9-10-21(17-32)25(29)15-20/h9-10,15-16,18-19,22H,2-8,11-14H2,1H3. The molecule has 3 unspecified atom stereocenters. The summed E-state index contributed by atoms with van der Waals surface area (Å²) < 4.78 is 44.7. The topological polar surface area (TPSA) is 23.8 Å². The average molecular weight is 440 g/mol. The summed E-state index contributed by atoms with van der Waals surface area (Å²) in [4.78, 5) is 0. The number of benzene rings is 2. The van der Waals surface area contributed by atoms with Crippen molar-refractivity contribution in [2.45, 2.75) is 83.5 Å². The Labute approximate surface area is 189 Å². The number of halogens is 3. The fraction of sp³-hybridized carbons (Fsp3) is 0.536. The summed E-state index contributed by atoms with van der Waals surface area (Å²) in [7, 11) is 0. The molecule has 0 saturated heterocycles.